The molecule has 1 saturated carbocycles. The maximum Gasteiger partial charge on any atom is 0.337 e. The van der Waals surface area contributed by atoms with Crippen molar-refractivity contribution in [1.29, 1.82) is 0 Å². The molecule has 0 aliphatic heterocycles. The summed E-state index contributed by atoms with van der Waals surface area (Å²) in [4.78, 5) is 11.1. The summed E-state index contributed by atoms with van der Waals surface area (Å²) in [6, 6.07) is 5.11. The molecule has 20 heavy (non-hydrogen) atoms. The Morgan fingerprint density at radius 3 is 2.70 bits per heavy atom. The first-order valence-corrected chi connectivity index (χ1v) is 8.21. The van der Waals surface area contributed by atoms with E-state index in [1.807, 2.05) is 17.8 Å². The summed E-state index contributed by atoms with van der Waals surface area (Å²) in [5, 5.41) is 12.5. The highest BCUT2D eigenvalue weighted by Gasteiger charge is 2.31. The number of nitrogens with two attached hydrogens (primary N) is 1. The van der Waals surface area contributed by atoms with Crippen LogP contribution in [-0.2, 0) is 0 Å². The molecule has 0 radical (unpaired) electrons. The molecule has 0 atom stereocenters. The van der Waals surface area contributed by atoms with Crippen LogP contribution in [0.5, 0.6) is 0 Å². The van der Waals surface area contributed by atoms with Gasteiger partial charge in [0.25, 0.3) is 0 Å². The van der Waals surface area contributed by atoms with Crippen molar-refractivity contribution in [3.05, 3.63) is 23.8 Å². The van der Waals surface area contributed by atoms with Crippen LogP contribution < -0.4 is 11.1 Å². The third kappa shape index (κ3) is 3.20. The fourth-order valence-corrected chi connectivity index (χ4v) is 3.72. The second-order valence-electron chi connectivity index (χ2n) is 5.37. The van der Waals surface area contributed by atoms with E-state index in [-0.39, 0.29) is 10.3 Å². The maximum absolute atomic E-state index is 11.1. The van der Waals surface area contributed by atoms with Gasteiger partial charge in [-0.2, -0.15) is 11.8 Å². The molecule has 2 rings (SSSR count). The standard InChI is InChI=1S/C15H22N2O2S/c1-20-15(8-3-2-4-9-15)10-17-12-7-5-6-11(13(12)16)14(18)19/h5-7,17H,2-4,8-10,16H2,1H3,(H,18,19). The Morgan fingerprint density at radius 2 is 2.10 bits per heavy atom. The molecule has 1 aromatic rings. The van der Waals surface area contributed by atoms with E-state index in [0.717, 1.165) is 12.2 Å². The fourth-order valence-electron chi connectivity index (χ4n) is 2.81. The molecule has 0 aromatic heterocycles. The summed E-state index contributed by atoms with van der Waals surface area (Å²) < 4.78 is 0.254. The van der Waals surface area contributed by atoms with Gasteiger partial charge < -0.3 is 16.2 Å². The van der Waals surface area contributed by atoms with E-state index in [4.69, 9.17) is 10.8 Å². The third-order valence-corrected chi connectivity index (χ3v) is 5.55. The SMILES string of the molecule is CSC1(CNc2cccc(C(=O)O)c2N)CCCCC1. The Morgan fingerprint density at radius 1 is 1.40 bits per heavy atom. The van der Waals surface area contributed by atoms with E-state index in [1.165, 1.54) is 38.2 Å². The lowest BCUT2D eigenvalue weighted by atomic mass is 9.88. The quantitative estimate of drug-likeness (QED) is 0.725. The van der Waals surface area contributed by atoms with Crippen LogP contribution in [0.3, 0.4) is 0 Å². The highest BCUT2D eigenvalue weighted by atomic mass is 32.2. The Labute approximate surface area is 124 Å². The normalized spacial score (nSPS) is 17.6. The predicted octanol–water partition coefficient (Wildman–Crippen LogP) is 3.44. The molecule has 5 heteroatoms. The molecule has 0 spiro atoms. The van der Waals surface area contributed by atoms with Crippen LogP contribution in [0.2, 0.25) is 0 Å². The number of hydrogen-bond donors (Lipinski definition) is 3. The number of carboxylic acids is 1. The highest BCUT2D eigenvalue weighted by molar-refractivity contribution is 8.00. The van der Waals surface area contributed by atoms with Crippen LogP contribution in [-0.4, -0.2) is 28.6 Å². The van der Waals surface area contributed by atoms with Gasteiger partial charge in [0, 0.05) is 11.3 Å². The second kappa shape index (κ2) is 6.39. The molecule has 4 nitrogen and oxygen atoms in total. The van der Waals surface area contributed by atoms with Gasteiger partial charge in [-0.25, -0.2) is 4.79 Å². The van der Waals surface area contributed by atoms with Crippen molar-refractivity contribution in [2.24, 2.45) is 0 Å². The van der Waals surface area contributed by atoms with Gasteiger partial charge in [0.2, 0.25) is 0 Å². The summed E-state index contributed by atoms with van der Waals surface area (Å²) in [5.41, 5.74) is 7.15. The summed E-state index contributed by atoms with van der Waals surface area (Å²) in [7, 11) is 0. The second-order valence-corrected chi connectivity index (χ2v) is 6.65. The van der Waals surface area contributed by atoms with Crippen LogP contribution in [0.25, 0.3) is 0 Å². The maximum atomic E-state index is 11.1. The number of nitrogen functional groups attached to an aromatic ring is 1. The number of carboxylic acid groups (broad SMARTS) is 1. The molecule has 1 aliphatic rings. The van der Waals surface area contributed by atoms with E-state index in [0.29, 0.717) is 5.69 Å². The van der Waals surface area contributed by atoms with Crippen LogP contribution in [0.15, 0.2) is 18.2 Å². The van der Waals surface area contributed by atoms with Crippen molar-refractivity contribution in [3.8, 4) is 0 Å². The van der Waals surface area contributed by atoms with Gasteiger partial charge >= 0.3 is 5.97 Å². The average molecular weight is 294 g/mol. The minimum Gasteiger partial charge on any atom is -0.478 e. The fraction of sp³-hybridized carbons (Fsp3) is 0.533. The van der Waals surface area contributed by atoms with Crippen molar-refractivity contribution < 1.29 is 9.90 Å². The number of rotatable bonds is 5. The first-order chi connectivity index (χ1) is 9.58. The Hall–Kier alpha value is -1.36. The minimum absolute atomic E-state index is 0.164. The predicted molar refractivity (Wildman–Crippen MR) is 85.6 cm³/mol. The molecular weight excluding hydrogens is 272 g/mol. The monoisotopic (exact) mass is 294 g/mol. The zero-order valence-electron chi connectivity index (χ0n) is 11.8. The van der Waals surface area contributed by atoms with Gasteiger partial charge in [-0.3, -0.25) is 0 Å². The number of thioether (sulfide) groups is 1. The zero-order chi connectivity index (χ0) is 14.6. The van der Waals surface area contributed by atoms with Crippen molar-refractivity contribution in [1.82, 2.24) is 0 Å². The van der Waals surface area contributed by atoms with Gasteiger partial charge in [0.15, 0.2) is 0 Å². The van der Waals surface area contributed by atoms with Gasteiger partial charge in [-0.05, 0) is 31.2 Å². The molecule has 110 valence electrons. The number of hydrogen-bond acceptors (Lipinski definition) is 4. The number of carbonyl (C=O) groups is 1. The molecule has 0 unspecified atom stereocenters. The molecule has 1 aliphatic carbocycles. The Bertz CT molecular complexity index is 485. The summed E-state index contributed by atoms with van der Waals surface area (Å²) in [5.74, 6) is -0.983. The van der Waals surface area contributed by atoms with Gasteiger partial charge in [-0.15, -0.1) is 0 Å². The van der Waals surface area contributed by atoms with Crippen LogP contribution in [0.1, 0.15) is 42.5 Å². The lowest BCUT2D eigenvalue weighted by Crippen LogP contribution is -2.35. The first kappa shape index (κ1) is 15.0. The highest BCUT2D eigenvalue weighted by Crippen LogP contribution is 2.39. The molecule has 0 heterocycles. The lowest BCUT2D eigenvalue weighted by molar-refractivity contribution is 0.0698. The van der Waals surface area contributed by atoms with Crippen molar-refractivity contribution >= 4 is 29.1 Å². The van der Waals surface area contributed by atoms with E-state index < -0.39 is 5.97 Å². The van der Waals surface area contributed by atoms with E-state index in [1.54, 1.807) is 6.07 Å². The van der Waals surface area contributed by atoms with Gasteiger partial charge in [-0.1, -0.05) is 25.3 Å². The largest absolute Gasteiger partial charge is 0.478 e. The van der Waals surface area contributed by atoms with E-state index >= 15 is 0 Å². The van der Waals surface area contributed by atoms with Crippen molar-refractivity contribution in [2.45, 2.75) is 36.9 Å². The van der Waals surface area contributed by atoms with Gasteiger partial charge in [0.05, 0.1) is 16.9 Å². The third-order valence-electron chi connectivity index (χ3n) is 4.14. The summed E-state index contributed by atoms with van der Waals surface area (Å²) in [6.07, 6.45) is 8.43. The Kier molecular flexibility index (Phi) is 4.81. The smallest absolute Gasteiger partial charge is 0.337 e. The first-order valence-electron chi connectivity index (χ1n) is 6.99. The minimum atomic E-state index is -0.983. The van der Waals surface area contributed by atoms with E-state index in [9.17, 15) is 4.79 Å². The number of nitrogens with one attached hydrogen (secondary N) is 1. The number of para-hydroxylation sites is 1. The topological polar surface area (TPSA) is 75.3 Å². The Balaban J connectivity index is 2.10. The number of aromatic carboxylic acids is 1. The molecule has 0 amide bonds. The molecule has 1 aromatic carbocycles. The summed E-state index contributed by atoms with van der Waals surface area (Å²) in [6.45, 7) is 0.835. The zero-order valence-corrected chi connectivity index (χ0v) is 12.6. The molecule has 4 N–H and O–H groups in total. The molecule has 1 fully saturated rings. The lowest BCUT2D eigenvalue weighted by Gasteiger charge is -2.36. The van der Waals surface area contributed by atoms with Crippen LogP contribution >= 0.6 is 11.8 Å². The van der Waals surface area contributed by atoms with Gasteiger partial charge in [0.1, 0.15) is 0 Å². The van der Waals surface area contributed by atoms with Crippen LogP contribution in [0, 0.1) is 0 Å². The van der Waals surface area contributed by atoms with Crippen molar-refractivity contribution in [2.75, 3.05) is 23.9 Å². The molecule has 0 saturated heterocycles. The van der Waals surface area contributed by atoms with E-state index in [2.05, 4.69) is 11.6 Å². The number of anilines is 2. The average Bonchev–Trinajstić information content (AvgIpc) is 2.47. The van der Waals surface area contributed by atoms with Crippen LogP contribution in [0.4, 0.5) is 11.4 Å². The summed E-state index contributed by atoms with van der Waals surface area (Å²) >= 11 is 1.91. The molecular formula is C15H22N2O2S. The molecule has 0 bridgehead atoms. The number of benzene rings is 1. The van der Waals surface area contributed by atoms with Crippen molar-refractivity contribution in [3.63, 3.8) is 0 Å².